The van der Waals surface area contributed by atoms with Gasteiger partial charge in [-0.1, -0.05) is 24.3 Å². The van der Waals surface area contributed by atoms with Crippen LogP contribution < -0.4 is 10.1 Å². The van der Waals surface area contributed by atoms with E-state index < -0.39 is 6.36 Å². The molecule has 178 valence electrons. The Bertz CT molecular complexity index is 999. The highest BCUT2D eigenvalue weighted by Gasteiger charge is 2.33. The molecule has 2 aromatic rings. The second-order valence-electron chi connectivity index (χ2n) is 8.13. The van der Waals surface area contributed by atoms with Gasteiger partial charge in [-0.3, -0.25) is 9.48 Å². The third-order valence-corrected chi connectivity index (χ3v) is 5.93. The van der Waals surface area contributed by atoms with E-state index in [1.54, 1.807) is 23.1 Å². The molecule has 0 saturated carbocycles. The summed E-state index contributed by atoms with van der Waals surface area (Å²) < 4.78 is 49.5. The average molecular weight is 464 g/mol. The number of nitrogens with zero attached hydrogens (tertiary/aromatic N) is 3. The van der Waals surface area contributed by atoms with Crippen molar-refractivity contribution in [2.75, 3.05) is 26.3 Å². The molecule has 1 atom stereocenters. The number of benzene rings is 1. The number of nitrogens with one attached hydrogen (secondary N) is 1. The summed E-state index contributed by atoms with van der Waals surface area (Å²) in [5.74, 6) is -0.321. The van der Waals surface area contributed by atoms with E-state index in [4.69, 9.17) is 4.74 Å². The van der Waals surface area contributed by atoms with Gasteiger partial charge in [0.1, 0.15) is 5.75 Å². The van der Waals surface area contributed by atoms with Crippen molar-refractivity contribution in [3.8, 4) is 5.75 Å². The summed E-state index contributed by atoms with van der Waals surface area (Å²) in [7, 11) is 0. The molecule has 4 rings (SSSR count). The monoisotopic (exact) mass is 464 g/mol. The number of allylic oxidation sites excluding steroid dienone is 1. The Morgan fingerprint density at radius 2 is 2.06 bits per heavy atom. The standard InChI is InChI=1S/C23H27F3N4O3/c1-2-9-30-19-8-7-17(27-15-16-5-3-4-6-20(16)33-23(24,25)26)14-18(19)21(28-30)22(31)29-10-12-32-13-11-29/h2-6,17,27H,1,7-15H2. The van der Waals surface area contributed by atoms with E-state index in [-0.39, 0.29) is 24.2 Å². The highest BCUT2D eigenvalue weighted by atomic mass is 19.4. The van der Waals surface area contributed by atoms with Crippen LogP contribution in [0.2, 0.25) is 0 Å². The molecule has 1 saturated heterocycles. The van der Waals surface area contributed by atoms with Gasteiger partial charge in [0.15, 0.2) is 5.69 Å². The maximum Gasteiger partial charge on any atom is 0.573 e. The van der Waals surface area contributed by atoms with Crippen LogP contribution in [0.15, 0.2) is 36.9 Å². The van der Waals surface area contributed by atoms with E-state index in [2.05, 4.69) is 21.7 Å². The quantitative estimate of drug-likeness (QED) is 0.638. The van der Waals surface area contributed by atoms with Crippen molar-refractivity contribution in [3.05, 3.63) is 59.4 Å². The smallest absolute Gasteiger partial charge is 0.405 e. The number of aromatic nitrogens is 2. The van der Waals surface area contributed by atoms with E-state index in [1.165, 1.54) is 12.1 Å². The molecule has 7 nitrogen and oxygen atoms in total. The summed E-state index contributed by atoms with van der Waals surface area (Å²) in [6.07, 6.45) is -0.934. The molecule has 1 aliphatic carbocycles. The van der Waals surface area contributed by atoms with Crippen LogP contribution in [0.4, 0.5) is 13.2 Å². The fourth-order valence-corrected chi connectivity index (χ4v) is 4.35. The van der Waals surface area contributed by atoms with Gasteiger partial charge in [0.05, 0.1) is 19.8 Å². The van der Waals surface area contributed by atoms with Crippen LogP contribution in [0.25, 0.3) is 0 Å². The van der Waals surface area contributed by atoms with Crippen LogP contribution in [-0.2, 0) is 30.7 Å². The Kier molecular flexibility index (Phi) is 7.04. The number of para-hydroxylation sites is 1. The number of amides is 1. The molecule has 0 spiro atoms. The molecule has 0 radical (unpaired) electrons. The summed E-state index contributed by atoms with van der Waals surface area (Å²) in [6.45, 7) is 6.58. The molecular formula is C23H27F3N4O3. The van der Waals surface area contributed by atoms with E-state index in [9.17, 15) is 18.0 Å². The lowest BCUT2D eigenvalue weighted by molar-refractivity contribution is -0.274. The SMILES string of the molecule is C=CCn1nc(C(=O)N2CCOCC2)c2c1CCC(NCc1ccccc1OC(F)(F)F)C2. The number of alkyl halides is 3. The normalized spacial score (nSPS) is 18.6. The van der Waals surface area contributed by atoms with Crippen molar-refractivity contribution in [1.82, 2.24) is 20.0 Å². The Labute approximate surface area is 190 Å². The number of carbonyl (C=O) groups is 1. The fourth-order valence-electron chi connectivity index (χ4n) is 4.35. The second-order valence-corrected chi connectivity index (χ2v) is 8.13. The van der Waals surface area contributed by atoms with Gasteiger partial charge >= 0.3 is 6.36 Å². The molecular weight excluding hydrogens is 437 g/mol. The lowest BCUT2D eigenvalue weighted by Crippen LogP contribution is -2.41. The van der Waals surface area contributed by atoms with Gasteiger partial charge in [0.2, 0.25) is 0 Å². The van der Waals surface area contributed by atoms with Crippen molar-refractivity contribution in [2.45, 2.75) is 44.8 Å². The van der Waals surface area contributed by atoms with Crippen LogP contribution in [0.5, 0.6) is 5.75 Å². The van der Waals surface area contributed by atoms with E-state index in [0.29, 0.717) is 56.9 Å². The zero-order chi connectivity index (χ0) is 23.4. The molecule has 1 unspecified atom stereocenters. The Morgan fingerprint density at radius 1 is 1.30 bits per heavy atom. The van der Waals surface area contributed by atoms with E-state index in [1.807, 2.05) is 4.68 Å². The number of halogens is 3. The summed E-state index contributed by atoms with van der Waals surface area (Å²) in [5, 5.41) is 7.95. The number of ether oxygens (including phenoxy) is 2. The van der Waals surface area contributed by atoms with Gasteiger partial charge in [-0.15, -0.1) is 19.8 Å². The minimum absolute atomic E-state index is 0.00550. The molecule has 2 heterocycles. The molecule has 1 amide bonds. The number of hydrogen-bond donors (Lipinski definition) is 1. The predicted octanol–water partition coefficient (Wildman–Crippen LogP) is 3.09. The number of rotatable bonds is 7. The molecule has 1 aliphatic heterocycles. The average Bonchev–Trinajstić information content (AvgIpc) is 3.15. The zero-order valence-corrected chi connectivity index (χ0v) is 18.2. The maximum absolute atomic E-state index is 13.2. The van der Waals surface area contributed by atoms with Crippen LogP contribution >= 0.6 is 0 Å². The number of hydrogen-bond acceptors (Lipinski definition) is 5. The van der Waals surface area contributed by atoms with Gasteiger partial charge in [0.25, 0.3) is 5.91 Å². The van der Waals surface area contributed by atoms with Gasteiger partial charge in [-0.05, 0) is 25.3 Å². The van der Waals surface area contributed by atoms with Crippen LogP contribution in [-0.4, -0.2) is 59.3 Å². The third kappa shape index (κ3) is 5.56. The number of morpholine rings is 1. The largest absolute Gasteiger partial charge is 0.573 e. The lowest BCUT2D eigenvalue weighted by Gasteiger charge is -2.28. The lowest BCUT2D eigenvalue weighted by atomic mass is 9.90. The Balaban J connectivity index is 1.50. The molecule has 0 bridgehead atoms. The van der Waals surface area contributed by atoms with Crippen LogP contribution in [0.1, 0.15) is 33.7 Å². The molecule has 1 aromatic heterocycles. The molecule has 10 heteroatoms. The predicted molar refractivity (Wildman–Crippen MR) is 115 cm³/mol. The first kappa shape index (κ1) is 23.3. The fraction of sp³-hybridized carbons (Fsp3) is 0.478. The van der Waals surface area contributed by atoms with Crippen LogP contribution in [0, 0.1) is 0 Å². The minimum Gasteiger partial charge on any atom is -0.405 e. The summed E-state index contributed by atoms with van der Waals surface area (Å²) >= 11 is 0. The van der Waals surface area contributed by atoms with Crippen molar-refractivity contribution in [1.29, 1.82) is 0 Å². The van der Waals surface area contributed by atoms with Crippen molar-refractivity contribution in [3.63, 3.8) is 0 Å². The molecule has 1 fully saturated rings. The van der Waals surface area contributed by atoms with Gasteiger partial charge in [-0.2, -0.15) is 5.10 Å². The van der Waals surface area contributed by atoms with E-state index >= 15 is 0 Å². The Morgan fingerprint density at radius 3 is 2.79 bits per heavy atom. The number of carbonyl (C=O) groups excluding carboxylic acids is 1. The van der Waals surface area contributed by atoms with Gasteiger partial charge < -0.3 is 19.7 Å². The van der Waals surface area contributed by atoms with Crippen molar-refractivity contribution in [2.24, 2.45) is 0 Å². The summed E-state index contributed by atoms with van der Waals surface area (Å²) in [6, 6.07) is 6.10. The highest BCUT2D eigenvalue weighted by molar-refractivity contribution is 5.94. The van der Waals surface area contributed by atoms with Gasteiger partial charge in [-0.25, -0.2) is 0 Å². The summed E-state index contributed by atoms with van der Waals surface area (Å²) in [5.41, 5.74) is 2.79. The van der Waals surface area contributed by atoms with E-state index in [0.717, 1.165) is 17.7 Å². The van der Waals surface area contributed by atoms with Gasteiger partial charge in [0, 0.05) is 42.5 Å². The highest BCUT2D eigenvalue weighted by Crippen LogP contribution is 2.29. The van der Waals surface area contributed by atoms with Crippen LogP contribution in [0.3, 0.4) is 0 Å². The zero-order valence-electron chi connectivity index (χ0n) is 18.2. The molecule has 1 aromatic carbocycles. The first-order valence-corrected chi connectivity index (χ1v) is 11.0. The maximum atomic E-state index is 13.2. The molecule has 1 N–H and O–H groups in total. The molecule has 33 heavy (non-hydrogen) atoms. The first-order valence-electron chi connectivity index (χ1n) is 11.0. The molecule has 2 aliphatic rings. The second kappa shape index (κ2) is 9.96. The minimum atomic E-state index is -4.75. The first-order chi connectivity index (χ1) is 15.9. The number of fused-ring (bicyclic) bond motifs is 1. The Hall–Kier alpha value is -2.85. The summed E-state index contributed by atoms with van der Waals surface area (Å²) in [4.78, 5) is 14.9. The van der Waals surface area contributed by atoms with Crippen molar-refractivity contribution < 1.29 is 27.4 Å². The van der Waals surface area contributed by atoms with Crippen molar-refractivity contribution >= 4 is 5.91 Å². The third-order valence-electron chi connectivity index (χ3n) is 5.93. The topological polar surface area (TPSA) is 68.6 Å².